The van der Waals surface area contributed by atoms with Crippen LogP contribution in [-0.4, -0.2) is 18.1 Å². The Kier molecular flexibility index (Phi) is 5.17. The summed E-state index contributed by atoms with van der Waals surface area (Å²) in [5, 5.41) is 5.40. The average molecular weight is 262 g/mol. The van der Waals surface area contributed by atoms with Crippen molar-refractivity contribution in [2.45, 2.75) is 19.9 Å². The van der Waals surface area contributed by atoms with Gasteiger partial charge in [0.25, 0.3) is 0 Å². The fourth-order valence-corrected chi connectivity index (χ4v) is 2.35. The van der Waals surface area contributed by atoms with Gasteiger partial charge >= 0.3 is 0 Å². The van der Waals surface area contributed by atoms with Gasteiger partial charge in [-0.25, -0.2) is 0 Å². The van der Waals surface area contributed by atoms with Gasteiger partial charge in [0, 0.05) is 29.6 Å². The van der Waals surface area contributed by atoms with Gasteiger partial charge in [0.2, 0.25) is 0 Å². The molecule has 0 amide bonds. The summed E-state index contributed by atoms with van der Waals surface area (Å²) in [6, 6.07) is 6.21. The summed E-state index contributed by atoms with van der Waals surface area (Å²) >= 11 is 1.77. The van der Waals surface area contributed by atoms with Gasteiger partial charge in [0.15, 0.2) is 0 Å². The monoisotopic (exact) mass is 262 g/mol. The summed E-state index contributed by atoms with van der Waals surface area (Å²) in [5.41, 5.74) is 1.16. The van der Waals surface area contributed by atoms with Crippen LogP contribution in [0.15, 0.2) is 36.0 Å². The molecule has 0 aromatic carbocycles. The predicted octanol–water partition coefficient (Wildman–Crippen LogP) is 2.87. The van der Waals surface area contributed by atoms with Crippen molar-refractivity contribution in [3.05, 3.63) is 46.4 Å². The van der Waals surface area contributed by atoms with Crippen LogP contribution >= 0.6 is 11.3 Å². The first-order chi connectivity index (χ1) is 8.90. The van der Waals surface area contributed by atoms with Crippen LogP contribution in [-0.2, 0) is 13.0 Å². The normalized spacial score (nSPS) is 10.5. The predicted molar refractivity (Wildman–Crippen MR) is 75.1 cm³/mol. The van der Waals surface area contributed by atoms with E-state index in [-0.39, 0.29) is 0 Å². The molecule has 0 atom stereocenters. The van der Waals surface area contributed by atoms with Gasteiger partial charge in [-0.05, 0) is 24.1 Å². The number of pyridine rings is 1. The molecule has 2 rings (SSSR count). The summed E-state index contributed by atoms with van der Waals surface area (Å²) in [7, 11) is 0. The highest BCUT2D eigenvalue weighted by Gasteiger charge is 2.03. The molecule has 0 unspecified atom stereocenters. The second-order valence-corrected chi connectivity index (χ2v) is 4.97. The Hall–Kier alpha value is -1.39. The Labute approximate surface area is 112 Å². The molecule has 0 saturated carbocycles. The van der Waals surface area contributed by atoms with E-state index in [2.05, 4.69) is 34.7 Å². The zero-order chi connectivity index (χ0) is 12.6. The van der Waals surface area contributed by atoms with E-state index in [4.69, 9.17) is 4.74 Å². The lowest BCUT2D eigenvalue weighted by molar-refractivity contribution is 0.317. The number of rotatable bonds is 7. The summed E-state index contributed by atoms with van der Waals surface area (Å²) < 4.78 is 5.81. The quantitative estimate of drug-likeness (QED) is 0.833. The Balaban J connectivity index is 1.87. The van der Waals surface area contributed by atoms with Crippen molar-refractivity contribution in [3.8, 4) is 5.75 Å². The zero-order valence-corrected chi connectivity index (χ0v) is 11.4. The van der Waals surface area contributed by atoms with E-state index in [0.29, 0.717) is 6.61 Å². The minimum atomic E-state index is 0.700. The highest BCUT2D eigenvalue weighted by atomic mass is 32.1. The first kappa shape index (κ1) is 13.1. The summed E-state index contributed by atoms with van der Waals surface area (Å²) in [5.74, 6) is 0.884. The van der Waals surface area contributed by atoms with Crippen molar-refractivity contribution in [1.29, 1.82) is 0 Å². The molecule has 0 spiro atoms. The number of hydrogen-bond acceptors (Lipinski definition) is 4. The van der Waals surface area contributed by atoms with E-state index >= 15 is 0 Å². The number of nitrogens with zero attached hydrogens (tertiary/aromatic N) is 1. The van der Waals surface area contributed by atoms with Crippen LogP contribution in [0.5, 0.6) is 5.75 Å². The number of nitrogens with one attached hydrogen (secondary N) is 1. The lowest BCUT2D eigenvalue weighted by Crippen LogP contribution is -2.13. The van der Waals surface area contributed by atoms with Gasteiger partial charge < -0.3 is 10.1 Å². The Bertz CT molecular complexity index is 457. The van der Waals surface area contributed by atoms with Crippen molar-refractivity contribution in [3.63, 3.8) is 0 Å². The Morgan fingerprint density at radius 2 is 2.33 bits per heavy atom. The minimum Gasteiger partial charge on any atom is -0.491 e. The molecule has 0 fully saturated rings. The zero-order valence-electron chi connectivity index (χ0n) is 10.6. The SMILES string of the molecule is CCNCc1ccncc1OCCc1cccs1. The molecular formula is C14H18N2OS. The molecule has 2 aromatic heterocycles. The summed E-state index contributed by atoms with van der Waals surface area (Å²) in [4.78, 5) is 5.47. The molecular weight excluding hydrogens is 244 g/mol. The molecule has 2 heterocycles. The first-order valence-electron chi connectivity index (χ1n) is 6.19. The van der Waals surface area contributed by atoms with E-state index in [1.807, 2.05) is 6.07 Å². The fraction of sp³-hybridized carbons (Fsp3) is 0.357. The second-order valence-electron chi connectivity index (χ2n) is 3.94. The number of hydrogen-bond donors (Lipinski definition) is 1. The van der Waals surface area contributed by atoms with Crippen LogP contribution in [0.2, 0.25) is 0 Å². The molecule has 0 aliphatic heterocycles. The highest BCUT2D eigenvalue weighted by molar-refractivity contribution is 7.09. The minimum absolute atomic E-state index is 0.700. The van der Waals surface area contributed by atoms with Gasteiger partial charge in [-0.2, -0.15) is 0 Å². The van der Waals surface area contributed by atoms with Gasteiger partial charge in [-0.3, -0.25) is 4.98 Å². The summed E-state index contributed by atoms with van der Waals surface area (Å²) in [6.45, 7) is 4.58. The van der Waals surface area contributed by atoms with E-state index in [1.165, 1.54) is 4.88 Å². The molecule has 2 aromatic rings. The van der Waals surface area contributed by atoms with Crippen LogP contribution in [0.1, 0.15) is 17.4 Å². The second kappa shape index (κ2) is 7.13. The maximum Gasteiger partial charge on any atom is 0.142 e. The topological polar surface area (TPSA) is 34.2 Å². The van der Waals surface area contributed by atoms with Crippen LogP contribution in [0.4, 0.5) is 0 Å². The number of ether oxygens (including phenoxy) is 1. The molecule has 0 bridgehead atoms. The largest absolute Gasteiger partial charge is 0.491 e. The van der Waals surface area contributed by atoms with Gasteiger partial charge in [-0.1, -0.05) is 13.0 Å². The van der Waals surface area contributed by atoms with Crippen LogP contribution in [0, 0.1) is 0 Å². The molecule has 96 valence electrons. The lowest BCUT2D eigenvalue weighted by atomic mass is 10.2. The first-order valence-corrected chi connectivity index (χ1v) is 7.07. The third-order valence-electron chi connectivity index (χ3n) is 2.62. The van der Waals surface area contributed by atoms with Gasteiger partial charge in [-0.15, -0.1) is 11.3 Å². The maximum atomic E-state index is 5.81. The van der Waals surface area contributed by atoms with Crippen LogP contribution in [0.3, 0.4) is 0 Å². The fourth-order valence-electron chi connectivity index (χ4n) is 1.66. The molecule has 1 N–H and O–H groups in total. The lowest BCUT2D eigenvalue weighted by Gasteiger charge is -2.10. The smallest absolute Gasteiger partial charge is 0.142 e. The Morgan fingerprint density at radius 1 is 1.39 bits per heavy atom. The van der Waals surface area contributed by atoms with Gasteiger partial charge in [0.1, 0.15) is 5.75 Å². The van der Waals surface area contributed by atoms with Crippen LogP contribution in [0.25, 0.3) is 0 Å². The molecule has 4 heteroatoms. The van der Waals surface area contributed by atoms with E-state index in [1.54, 1.807) is 23.7 Å². The molecule has 0 aliphatic rings. The maximum absolute atomic E-state index is 5.81. The molecule has 0 radical (unpaired) electrons. The van der Waals surface area contributed by atoms with E-state index in [9.17, 15) is 0 Å². The van der Waals surface area contributed by atoms with Crippen LogP contribution < -0.4 is 10.1 Å². The van der Waals surface area contributed by atoms with Crippen molar-refractivity contribution in [1.82, 2.24) is 10.3 Å². The highest BCUT2D eigenvalue weighted by Crippen LogP contribution is 2.17. The standard InChI is InChI=1S/C14H18N2OS/c1-2-15-10-12-5-7-16-11-14(12)17-8-6-13-4-3-9-18-13/h3-5,7,9,11,15H,2,6,8,10H2,1H3. The molecule has 18 heavy (non-hydrogen) atoms. The molecule has 3 nitrogen and oxygen atoms in total. The van der Waals surface area contributed by atoms with Crippen molar-refractivity contribution < 1.29 is 4.74 Å². The van der Waals surface area contributed by atoms with Crippen molar-refractivity contribution >= 4 is 11.3 Å². The number of thiophene rings is 1. The van der Waals surface area contributed by atoms with Gasteiger partial charge in [0.05, 0.1) is 12.8 Å². The van der Waals surface area contributed by atoms with E-state index < -0.39 is 0 Å². The Morgan fingerprint density at radius 3 is 3.11 bits per heavy atom. The molecule has 0 aliphatic carbocycles. The summed E-state index contributed by atoms with van der Waals surface area (Å²) in [6.07, 6.45) is 4.55. The number of aromatic nitrogens is 1. The van der Waals surface area contributed by atoms with Crippen molar-refractivity contribution in [2.75, 3.05) is 13.2 Å². The van der Waals surface area contributed by atoms with Crippen molar-refractivity contribution in [2.24, 2.45) is 0 Å². The average Bonchev–Trinajstić information content (AvgIpc) is 2.91. The third-order valence-corrected chi connectivity index (χ3v) is 3.56. The molecule has 0 saturated heterocycles. The third kappa shape index (κ3) is 3.82. The van der Waals surface area contributed by atoms with E-state index in [0.717, 1.165) is 30.8 Å².